The molecular formula is C13H11ClN2O2S. The molecule has 0 aliphatic rings. The third kappa shape index (κ3) is 3.19. The molecule has 0 spiro atoms. The van der Waals surface area contributed by atoms with E-state index in [-0.39, 0.29) is 11.0 Å². The molecule has 2 aromatic rings. The molecule has 0 N–H and O–H groups in total. The van der Waals surface area contributed by atoms with E-state index in [1.165, 1.54) is 0 Å². The zero-order valence-electron chi connectivity index (χ0n) is 10.2. The minimum Gasteiger partial charge on any atom is -0.435 e. The minimum absolute atomic E-state index is 0.0563. The lowest BCUT2D eigenvalue weighted by atomic mass is 10.1. The second-order valence-electron chi connectivity index (χ2n) is 3.90. The van der Waals surface area contributed by atoms with E-state index in [1.807, 2.05) is 19.1 Å². The van der Waals surface area contributed by atoms with Crippen molar-refractivity contribution < 1.29 is 4.74 Å². The second kappa shape index (κ2) is 5.95. The summed E-state index contributed by atoms with van der Waals surface area (Å²) in [4.78, 5) is 11.7. The van der Waals surface area contributed by atoms with Crippen LogP contribution in [0.25, 0.3) is 0 Å². The Hall–Kier alpha value is -1.72. The van der Waals surface area contributed by atoms with E-state index in [0.717, 1.165) is 22.9 Å². The largest absolute Gasteiger partial charge is 0.435 e. The second-order valence-corrected chi connectivity index (χ2v) is 4.78. The third-order valence-electron chi connectivity index (χ3n) is 2.41. The average Bonchev–Trinajstić information content (AvgIpc) is 2.38. The van der Waals surface area contributed by atoms with Gasteiger partial charge < -0.3 is 4.74 Å². The highest BCUT2D eigenvalue weighted by Crippen LogP contribution is 2.24. The number of ether oxygens (including phenoxy) is 1. The van der Waals surface area contributed by atoms with Crippen LogP contribution in [0.4, 0.5) is 0 Å². The number of allylic oxidation sites excluding steroid dienone is 1. The summed E-state index contributed by atoms with van der Waals surface area (Å²) in [5.74, 6) is 0.517. The molecule has 0 saturated carbocycles. The summed E-state index contributed by atoms with van der Waals surface area (Å²) in [5, 5.41) is -0.132. The van der Waals surface area contributed by atoms with E-state index < -0.39 is 5.43 Å². The molecule has 98 valence electrons. The molecule has 4 nitrogen and oxygen atoms in total. The van der Waals surface area contributed by atoms with E-state index in [2.05, 4.69) is 15.3 Å². The third-order valence-corrected chi connectivity index (χ3v) is 3.28. The van der Waals surface area contributed by atoms with Crippen molar-refractivity contribution >= 4 is 23.3 Å². The fraction of sp³-hybridized carbons (Fsp3) is 0.154. The number of halogens is 1. The summed E-state index contributed by atoms with van der Waals surface area (Å²) < 4.78 is 13.0. The summed E-state index contributed by atoms with van der Waals surface area (Å²) in [6.45, 7) is 5.69. The molecule has 1 aromatic carbocycles. The maximum Gasteiger partial charge on any atom is 0.283 e. The zero-order valence-corrected chi connectivity index (χ0v) is 11.8. The highest BCUT2D eigenvalue weighted by atomic mass is 35.5. The van der Waals surface area contributed by atoms with E-state index in [0.29, 0.717) is 12.2 Å². The van der Waals surface area contributed by atoms with Gasteiger partial charge in [0.05, 0.1) is 11.7 Å². The summed E-state index contributed by atoms with van der Waals surface area (Å²) in [6, 6.07) is 5.68. The maximum absolute atomic E-state index is 11.7. The Balaban J connectivity index is 2.40. The van der Waals surface area contributed by atoms with Crippen LogP contribution in [0.3, 0.4) is 0 Å². The van der Waals surface area contributed by atoms with Gasteiger partial charge in [-0.05, 0) is 25.0 Å². The molecule has 0 atom stereocenters. The molecule has 6 heteroatoms. The van der Waals surface area contributed by atoms with Gasteiger partial charge in [-0.25, -0.2) is 0 Å². The van der Waals surface area contributed by atoms with Gasteiger partial charge in [-0.1, -0.05) is 35.4 Å². The van der Waals surface area contributed by atoms with Gasteiger partial charge in [0.2, 0.25) is 0 Å². The first kappa shape index (κ1) is 13.7. The Morgan fingerprint density at radius 2 is 2.26 bits per heavy atom. The smallest absolute Gasteiger partial charge is 0.283 e. The van der Waals surface area contributed by atoms with Crippen LogP contribution in [0.2, 0.25) is 5.15 Å². The van der Waals surface area contributed by atoms with Gasteiger partial charge in [0, 0.05) is 0 Å². The van der Waals surface area contributed by atoms with Crippen LogP contribution in [0.5, 0.6) is 11.6 Å². The number of benzene rings is 1. The highest BCUT2D eigenvalue weighted by Gasteiger charge is 2.11. The molecule has 0 unspecified atom stereocenters. The maximum atomic E-state index is 11.7. The van der Waals surface area contributed by atoms with Gasteiger partial charge in [-0.2, -0.15) is 4.37 Å². The molecular weight excluding hydrogens is 284 g/mol. The molecule has 0 aliphatic heterocycles. The zero-order chi connectivity index (χ0) is 13.8. The predicted octanol–water partition coefficient (Wildman–Crippen LogP) is 3.38. The molecule has 0 radical (unpaired) electrons. The lowest BCUT2D eigenvalue weighted by molar-refractivity contribution is 0.457. The Morgan fingerprint density at radius 1 is 1.47 bits per heavy atom. The first-order valence-electron chi connectivity index (χ1n) is 5.52. The molecule has 0 fully saturated rings. The van der Waals surface area contributed by atoms with Crippen LogP contribution in [0, 0.1) is 6.92 Å². The molecule has 0 saturated heterocycles. The molecule has 2 rings (SSSR count). The fourth-order valence-electron chi connectivity index (χ4n) is 1.56. The normalized spacial score (nSPS) is 10.2. The molecule has 1 heterocycles. The standard InChI is InChI=1S/C13H11ClN2O2S/c1-3-4-9-7-8(2)5-6-10(9)18-13-11(17)12(14)15-19-16-13/h3,5-7H,1,4H2,2H3. The first-order chi connectivity index (χ1) is 9.11. The number of rotatable bonds is 4. The van der Waals surface area contributed by atoms with Crippen molar-refractivity contribution in [1.82, 2.24) is 8.75 Å². The van der Waals surface area contributed by atoms with Crippen LogP contribution >= 0.6 is 23.3 Å². The van der Waals surface area contributed by atoms with Crippen molar-refractivity contribution in [3.63, 3.8) is 0 Å². The van der Waals surface area contributed by atoms with Crippen LogP contribution in [-0.2, 0) is 6.42 Å². The Morgan fingerprint density at radius 3 is 3.00 bits per heavy atom. The molecule has 0 aliphatic carbocycles. The Labute approximate surface area is 119 Å². The van der Waals surface area contributed by atoms with Crippen LogP contribution in [0.15, 0.2) is 35.6 Å². The summed E-state index contributed by atoms with van der Waals surface area (Å²) in [6.07, 6.45) is 2.42. The average molecular weight is 295 g/mol. The summed E-state index contributed by atoms with van der Waals surface area (Å²) in [7, 11) is 0. The summed E-state index contributed by atoms with van der Waals surface area (Å²) in [5.41, 5.74) is 1.54. The number of aryl methyl sites for hydroxylation is 1. The SMILES string of the molecule is C=CCc1cc(C)ccc1Oc1nsnc(Cl)c1=O. The molecule has 1 aromatic heterocycles. The van der Waals surface area contributed by atoms with Gasteiger partial charge in [0.15, 0.2) is 5.15 Å². The Kier molecular flexibility index (Phi) is 4.29. The van der Waals surface area contributed by atoms with Gasteiger partial charge >= 0.3 is 0 Å². The van der Waals surface area contributed by atoms with Crippen molar-refractivity contribution in [3.8, 4) is 11.6 Å². The van der Waals surface area contributed by atoms with Crippen LogP contribution in [-0.4, -0.2) is 8.75 Å². The monoisotopic (exact) mass is 294 g/mol. The van der Waals surface area contributed by atoms with E-state index in [4.69, 9.17) is 16.3 Å². The van der Waals surface area contributed by atoms with Gasteiger partial charge in [0.1, 0.15) is 5.75 Å². The van der Waals surface area contributed by atoms with E-state index in [9.17, 15) is 4.79 Å². The molecule has 0 amide bonds. The number of hydrogen-bond acceptors (Lipinski definition) is 5. The highest BCUT2D eigenvalue weighted by molar-refractivity contribution is 6.99. The van der Waals surface area contributed by atoms with Gasteiger partial charge in [0.25, 0.3) is 11.3 Å². The van der Waals surface area contributed by atoms with Crippen LogP contribution in [0.1, 0.15) is 11.1 Å². The van der Waals surface area contributed by atoms with E-state index in [1.54, 1.807) is 12.1 Å². The van der Waals surface area contributed by atoms with Gasteiger partial charge in [-0.15, -0.1) is 11.0 Å². The fourth-order valence-corrected chi connectivity index (χ4v) is 2.12. The lowest BCUT2D eigenvalue weighted by Gasteiger charge is -2.09. The van der Waals surface area contributed by atoms with Crippen LogP contribution < -0.4 is 10.2 Å². The Bertz CT molecular complexity index is 670. The predicted molar refractivity (Wildman–Crippen MR) is 76.3 cm³/mol. The quantitative estimate of drug-likeness (QED) is 0.811. The van der Waals surface area contributed by atoms with Crippen molar-refractivity contribution in [1.29, 1.82) is 0 Å². The van der Waals surface area contributed by atoms with Crippen molar-refractivity contribution in [2.24, 2.45) is 0 Å². The van der Waals surface area contributed by atoms with Gasteiger partial charge in [-0.3, -0.25) is 4.79 Å². The number of nitrogens with zero attached hydrogens (tertiary/aromatic N) is 2. The van der Waals surface area contributed by atoms with Crippen molar-refractivity contribution in [3.05, 3.63) is 57.4 Å². The molecule has 0 bridgehead atoms. The first-order valence-corrected chi connectivity index (χ1v) is 6.63. The number of hydrogen-bond donors (Lipinski definition) is 0. The molecule has 19 heavy (non-hydrogen) atoms. The number of aromatic nitrogens is 2. The van der Waals surface area contributed by atoms with Crippen molar-refractivity contribution in [2.45, 2.75) is 13.3 Å². The van der Waals surface area contributed by atoms with Crippen molar-refractivity contribution in [2.75, 3.05) is 0 Å². The topological polar surface area (TPSA) is 52.1 Å². The van der Waals surface area contributed by atoms with E-state index >= 15 is 0 Å². The summed E-state index contributed by atoms with van der Waals surface area (Å²) >= 11 is 6.49. The lowest BCUT2D eigenvalue weighted by Crippen LogP contribution is -2.08. The minimum atomic E-state index is -0.509.